The number of hydrogen-bond donors (Lipinski definition) is 1. The molecule has 7 heteroatoms. The van der Waals surface area contributed by atoms with E-state index in [1.807, 2.05) is 18.2 Å². The highest BCUT2D eigenvalue weighted by Gasteiger charge is 2.14. The first-order chi connectivity index (χ1) is 10.8. The number of furan rings is 1. The van der Waals surface area contributed by atoms with E-state index in [0.29, 0.717) is 33.9 Å². The van der Waals surface area contributed by atoms with E-state index in [1.165, 1.54) is 0 Å². The maximum Gasteiger partial charge on any atom is 0.276 e. The third-order valence-electron chi connectivity index (χ3n) is 3.09. The summed E-state index contributed by atoms with van der Waals surface area (Å²) in [6.07, 6.45) is 1.59. The molecule has 0 aliphatic heterocycles. The van der Waals surface area contributed by atoms with Crippen molar-refractivity contribution in [2.75, 3.05) is 0 Å². The Balaban J connectivity index is 1.67. The molecule has 0 spiro atoms. The number of nitrogens with zero attached hydrogens (tertiary/aromatic N) is 3. The second-order valence-electron chi connectivity index (χ2n) is 4.58. The van der Waals surface area contributed by atoms with Gasteiger partial charge in [0.2, 0.25) is 5.82 Å². The van der Waals surface area contributed by atoms with Crippen molar-refractivity contribution in [1.29, 1.82) is 0 Å². The minimum atomic E-state index is 0.347. The van der Waals surface area contributed by atoms with Gasteiger partial charge in [-0.05, 0) is 24.3 Å². The summed E-state index contributed by atoms with van der Waals surface area (Å²) >= 11 is 5.97. The second-order valence-corrected chi connectivity index (χ2v) is 5.01. The molecule has 0 bridgehead atoms. The van der Waals surface area contributed by atoms with Gasteiger partial charge >= 0.3 is 0 Å². The van der Waals surface area contributed by atoms with Crippen LogP contribution in [0, 0.1) is 0 Å². The van der Waals surface area contributed by atoms with Crippen molar-refractivity contribution in [1.82, 2.24) is 20.3 Å². The van der Waals surface area contributed by atoms with Gasteiger partial charge in [-0.2, -0.15) is 10.1 Å². The standard InChI is InChI=1S/C15H9ClN4O2/c16-10-4-1-3-9(7-10)14-17-15(22-20-14)12-8-11(18-19-12)13-5-2-6-21-13/h1-8H,(H,18,19). The summed E-state index contributed by atoms with van der Waals surface area (Å²) in [4.78, 5) is 4.35. The van der Waals surface area contributed by atoms with E-state index in [9.17, 15) is 0 Å². The van der Waals surface area contributed by atoms with Crippen molar-refractivity contribution in [2.24, 2.45) is 0 Å². The van der Waals surface area contributed by atoms with Crippen LogP contribution in [0.15, 0.2) is 57.7 Å². The van der Waals surface area contributed by atoms with Crippen molar-refractivity contribution < 1.29 is 8.94 Å². The molecule has 1 N–H and O–H groups in total. The van der Waals surface area contributed by atoms with Crippen molar-refractivity contribution >= 4 is 11.6 Å². The number of H-pyrrole nitrogens is 1. The Morgan fingerprint density at radius 2 is 2.05 bits per heavy atom. The minimum absolute atomic E-state index is 0.347. The molecule has 0 aliphatic rings. The van der Waals surface area contributed by atoms with E-state index in [0.717, 1.165) is 5.56 Å². The molecular weight excluding hydrogens is 304 g/mol. The van der Waals surface area contributed by atoms with Gasteiger partial charge in [0.15, 0.2) is 5.76 Å². The van der Waals surface area contributed by atoms with Gasteiger partial charge in [-0.1, -0.05) is 28.9 Å². The van der Waals surface area contributed by atoms with Crippen LogP contribution < -0.4 is 0 Å². The van der Waals surface area contributed by atoms with Crippen LogP contribution in [0.1, 0.15) is 0 Å². The average Bonchev–Trinajstić information content (AvgIpc) is 3.27. The molecule has 0 radical (unpaired) electrons. The zero-order valence-electron chi connectivity index (χ0n) is 11.2. The summed E-state index contributed by atoms with van der Waals surface area (Å²) in [5.41, 5.74) is 2.07. The van der Waals surface area contributed by atoms with Crippen LogP contribution in [0.5, 0.6) is 0 Å². The van der Waals surface area contributed by atoms with E-state index < -0.39 is 0 Å². The summed E-state index contributed by atoms with van der Waals surface area (Å²) in [6, 6.07) is 12.7. The third-order valence-corrected chi connectivity index (χ3v) is 3.33. The first-order valence-corrected chi connectivity index (χ1v) is 6.87. The maximum absolute atomic E-state index is 5.97. The smallest absolute Gasteiger partial charge is 0.276 e. The Morgan fingerprint density at radius 3 is 2.86 bits per heavy atom. The number of rotatable bonds is 3. The Bertz CT molecular complexity index is 911. The summed E-state index contributed by atoms with van der Waals surface area (Å²) in [5, 5.41) is 11.6. The van der Waals surface area contributed by atoms with Gasteiger partial charge in [0.25, 0.3) is 5.89 Å². The predicted octanol–water partition coefficient (Wildman–Crippen LogP) is 4.04. The van der Waals surface area contributed by atoms with E-state index >= 15 is 0 Å². The molecule has 0 unspecified atom stereocenters. The molecule has 108 valence electrons. The first-order valence-electron chi connectivity index (χ1n) is 6.49. The number of hydrogen-bond acceptors (Lipinski definition) is 5. The van der Waals surface area contributed by atoms with Crippen LogP contribution in [0.25, 0.3) is 34.4 Å². The van der Waals surface area contributed by atoms with E-state index in [2.05, 4.69) is 20.3 Å². The molecule has 3 aromatic heterocycles. The lowest BCUT2D eigenvalue weighted by Gasteiger charge is -1.93. The Kier molecular flexibility index (Phi) is 3.01. The Morgan fingerprint density at radius 1 is 1.09 bits per heavy atom. The average molecular weight is 313 g/mol. The number of halogens is 1. The Hall–Kier alpha value is -2.86. The lowest BCUT2D eigenvalue weighted by molar-refractivity contribution is 0.431. The van der Waals surface area contributed by atoms with Gasteiger partial charge in [-0.25, -0.2) is 0 Å². The summed E-state index contributed by atoms with van der Waals surface area (Å²) in [6.45, 7) is 0. The second kappa shape index (κ2) is 5.16. The highest BCUT2D eigenvalue weighted by molar-refractivity contribution is 6.30. The molecule has 4 rings (SSSR count). The first kappa shape index (κ1) is 12.8. The lowest BCUT2D eigenvalue weighted by atomic mass is 10.2. The normalized spacial score (nSPS) is 11.0. The van der Waals surface area contributed by atoms with Crippen molar-refractivity contribution in [3.8, 4) is 34.4 Å². The Labute approximate surface area is 129 Å². The van der Waals surface area contributed by atoms with Gasteiger partial charge in [0.05, 0.1) is 6.26 Å². The zero-order chi connectivity index (χ0) is 14.9. The molecule has 0 amide bonds. The van der Waals surface area contributed by atoms with Gasteiger partial charge in [0.1, 0.15) is 11.4 Å². The summed E-state index contributed by atoms with van der Waals surface area (Å²) in [7, 11) is 0. The SMILES string of the molecule is Clc1cccc(-c2noc(-c3cc(-c4ccco4)n[nH]3)n2)c1. The fourth-order valence-corrected chi connectivity index (χ4v) is 2.25. The molecule has 6 nitrogen and oxygen atoms in total. The van der Waals surface area contributed by atoms with Crippen LogP contribution in [-0.2, 0) is 0 Å². The molecule has 4 aromatic rings. The van der Waals surface area contributed by atoms with Crippen LogP contribution in [0.2, 0.25) is 5.02 Å². The molecule has 0 saturated heterocycles. The molecule has 1 aromatic carbocycles. The minimum Gasteiger partial charge on any atom is -0.463 e. The van der Waals surface area contributed by atoms with Gasteiger partial charge in [-0.15, -0.1) is 0 Å². The van der Waals surface area contributed by atoms with Crippen LogP contribution in [-0.4, -0.2) is 20.3 Å². The number of aromatic amines is 1. The quantitative estimate of drug-likeness (QED) is 0.617. The topological polar surface area (TPSA) is 80.7 Å². The van der Waals surface area contributed by atoms with Crippen molar-refractivity contribution in [2.45, 2.75) is 0 Å². The molecule has 0 fully saturated rings. The van der Waals surface area contributed by atoms with Gasteiger partial charge < -0.3 is 8.94 Å². The summed E-state index contributed by atoms with van der Waals surface area (Å²) < 4.78 is 10.6. The number of nitrogens with one attached hydrogen (secondary N) is 1. The van der Waals surface area contributed by atoms with Crippen molar-refractivity contribution in [3.05, 3.63) is 53.8 Å². The molecule has 0 aliphatic carbocycles. The number of aromatic nitrogens is 4. The molecule has 22 heavy (non-hydrogen) atoms. The van der Waals surface area contributed by atoms with Crippen LogP contribution >= 0.6 is 11.6 Å². The predicted molar refractivity (Wildman–Crippen MR) is 80.0 cm³/mol. The monoisotopic (exact) mass is 312 g/mol. The molecule has 0 atom stereocenters. The van der Waals surface area contributed by atoms with Crippen molar-refractivity contribution in [3.63, 3.8) is 0 Å². The summed E-state index contributed by atoms with van der Waals surface area (Å²) in [5.74, 6) is 1.48. The largest absolute Gasteiger partial charge is 0.463 e. The maximum atomic E-state index is 5.97. The van der Waals surface area contributed by atoms with Gasteiger partial charge in [0, 0.05) is 16.7 Å². The zero-order valence-corrected chi connectivity index (χ0v) is 11.9. The fourth-order valence-electron chi connectivity index (χ4n) is 2.06. The molecular formula is C15H9ClN4O2. The van der Waals surface area contributed by atoms with Gasteiger partial charge in [-0.3, -0.25) is 5.10 Å². The fraction of sp³-hybridized carbons (Fsp3) is 0. The molecule has 0 saturated carbocycles. The number of benzene rings is 1. The highest BCUT2D eigenvalue weighted by atomic mass is 35.5. The lowest BCUT2D eigenvalue weighted by Crippen LogP contribution is -1.81. The van der Waals surface area contributed by atoms with Crippen LogP contribution in [0.4, 0.5) is 0 Å². The van der Waals surface area contributed by atoms with E-state index in [4.69, 9.17) is 20.5 Å². The third kappa shape index (κ3) is 2.29. The highest BCUT2D eigenvalue weighted by Crippen LogP contribution is 2.26. The van der Waals surface area contributed by atoms with E-state index in [1.54, 1.807) is 30.5 Å². The molecule has 3 heterocycles. The van der Waals surface area contributed by atoms with E-state index in [-0.39, 0.29) is 0 Å². The van der Waals surface area contributed by atoms with Crippen LogP contribution in [0.3, 0.4) is 0 Å².